The van der Waals surface area contributed by atoms with E-state index in [0.717, 1.165) is 21.9 Å². The number of benzene rings is 1. The van der Waals surface area contributed by atoms with Gasteiger partial charge in [0.15, 0.2) is 0 Å². The maximum absolute atomic E-state index is 13.1. The van der Waals surface area contributed by atoms with Gasteiger partial charge < -0.3 is 10.6 Å². The van der Waals surface area contributed by atoms with Crippen LogP contribution in [0.2, 0.25) is 0 Å². The monoisotopic (exact) mass is 341 g/mol. The zero-order valence-corrected chi connectivity index (χ0v) is 14.5. The number of hydrogen-bond donors (Lipinski definition) is 1. The van der Waals surface area contributed by atoms with E-state index in [1.807, 2.05) is 38.1 Å². The molecule has 4 rings (SSSR count). The highest BCUT2D eigenvalue weighted by atomic mass is 32.1. The Morgan fingerprint density at radius 2 is 1.96 bits per heavy atom. The third-order valence-corrected chi connectivity index (χ3v) is 5.97. The van der Waals surface area contributed by atoms with E-state index < -0.39 is 11.9 Å². The van der Waals surface area contributed by atoms with Crippen LogP contribution in [0, 0.1) is 25.7 Å². The number of nitrogens with zero attached hydrogens (tertiary/aromatic N) is 2. The molecule has 2 N–H and O–H groups in total. The lowest BCUT2D eigenvalue weighted by molar-refractivity contribution is -0.122. The summed E-state index contributed by atoms with van der Waals surface area (Å²) in [6, 6.07) is 7.58. The van der Waals surface area contributed by atoms with Crippen molar-refractivity contribution in [1.82, 2.24) is 9.88 Å². The van der Waals surface area contributed by atoms with E-state index in [1.54, 1.807) is 4.90 Å². The van der Waals surface area contributed by atoms with Gasteiger partial charge in [0.25, 0.3) is 5.91 Å². The van der Waals surface area contributed by atoms with Crippen molar-refractivity contribution in [2.45, 2.75) is 26.3 Å². The minimum Gasteiger partial charge on any atom is -0.368 e. The van der Waals surface area contributed by atoms with Crippen LogP contribution >= 0.6 is 11.3 Å². The fourth-order valence-electron chi connectivity index (χ4n) is 3.65. The van der Waals surface area contributed by atoms with Crippen LogP contribution < -0.4 is 5.73 Å². The average molecular weight is 341 g/mol. The van der Waals surface area contributed by atoms with E-state index in [4.69, 9.17) is 5.73 Å². The number of hydrogen-bond acceptors (Lipinski definition) is 4. The lowest BCUT2D eigenvalue weighted by Gasteiger charge is -2.24. The summed E-state index contributed by atoms with van der Waals surface area (Å²) < 4.78 is 0. The van der Waals surface area contributed by atoms with Crippen LogP contribution in [0.4, 0.5) is 0 Å². The van der Waals surface area contributed by atoms with Crippen LogP contribution in [0.5, 0.6) is 0 Å². The lowest BCUT2D eigenvalue weighted by Crippen LogP contribution is -2.46. The summed E-state index contributed by atoms with van der Waals surface area (Å²) in [5.74, 6) is 0.0890. The summed E-state index contributed by atoms with van der Waals surface area (Å²) in [5, 5.41) is 0.842. The number of amides is 2. The first kappa shape index (κ1) is 15.3. The van der Waals surface area contributed by atoms with Gasteiger partial charge >= 0.3 is 0 Å². The van der Waals surface area contributed by atoms with Crippen LogP contribution in [0.1, 0.15) is 27.5 Å². The highest BCUT2D eigenvalue weighted by Gasteiger charge is 2.56. The van der Waals surface area contributed by atoms with Crippen LogP contribution in [-0.4, -0.2) is 34.3 Å². The van der Waals surface area contributed by atoms with Crippen molar-refractivity contribution in [3.63, 3.8) is 0 Å². The second kappa shape index (κ2) is 5.41. The molecule has 2 aromatic rings. The highest BCUT2D eigenvalue weighted by molar-refractivity contribution is 7.15. The molecular weight excluding hydrogens is 322 g/mol. The van der Waals surface area contributed by atoms with Gasteiger partial charge in [-0.25, -0.2) is 4.98 Å². The normalized spacial score (nSPS) is 24.8. The van der Waals surface area contributed by atoms with Gasteiger partial charge in [0, 0.05) is 6.54 Å². The quantitative estimate of drug-likeness (QED) is 0.931. The number of fused-ring (bicyclic) bond motifs is 1. The average Bonchev–Trinajstić information content (AvgIpc) is 3.02. The Labute approximate surface area is 144 Å². The minimum atomic E-state index is -0.477. The molecule has 1 aliphatic heterocycles. The number of likely N-dealkylation sites (tertiary alicyclic amines) is 1. The molecule has 1 saturated carbocycles. The van der Waals surface area contributed by atoms with Crippen LogP contribution in [0.25, 0.3) is 10.4 Å². The standard InChI is InChI=1S/C18H19N3O2S/c1-9-3-5-11(6-4-9)16-14(20-10(2)24-16)18(23)21-8-12-7-13(12)15(21)17(19)22/h3-6,12-13,15H,7-8H2,1-2H3,(H2,19,22)/t12-,13-,15+/m1/s1. The maximum atomic E-state index is 13.1. The molecule has 5 nitrogen and oxygen atoms in total. The molecule has 2 aliphatic rings. The predicted molar refractivity (Wildman–Crippen MR) is 92.6 cm³/mol. The fraction of sp³-hybridized carbons (Fsp3) is 0.389. The van der Waals surface area contributed by atoms with Crippen molar-refractivity contribution >= 4 is 23.2 Å². The molecule has 0 spiro atoms. The molecular formula is C18H19N3O2S. The first-order chi connectivity index (χ1) is 11.5. The molecule has 2 heterocycles. The first-order valence-electron chi connectivity index (χ1n) is 8.10. The Balaban J connectivity index is 1.70. The van der Waals surface area contributed by atoms with E-state index in [9.17, 15) is 9.59 Å². The molecule has 0 unspecified atom stereocenters. The second-order valence-electron chi connectivity index (χ2n) is 6.74. The lowest BCUT2D eigenvalue weighted by atomic mass is 10.1. The van der Waals surface area contributed by atoms with E-state index in [-0.39, 0.29) is 11.8 Å². The van der Waals surface area contributed by atoms with Gasteiger partial charge in [0.1, 0.15) is 11.7 Å². The first-order valence-corrected chi connectivity index (χ1v) is 8.92. The molecule has 1 aromatic carbocycles. The summed E-state index contributed by atoms with van der Waals surface area (Å²) in [4.78, 5) is 31.8. The smallest absolute Gasteiger partial charge is 0.274 e. The third-order valence-electron chi connectivity index (χ3n) is 4.95. The number of piperidine rings is 1. The molecule has 3 atom stereocenters. The Morgan fingerprint density at radius 1 is 1.25 bits per heavy atom. The number of rotatable bonds is 3. The summed E-state index contributed by atoms with van der Waals surface area (Å²) in [7, 11) is 0. The van der Waals surface area contributed by atoms with Crippen molar-refractivity contribution < 1.29 is 9.59 Å². The number of aryl methyl sites for hydroxylation is 2. The largest absolute Gasteiger partial charge is 0.368 e. The number of nitrogens with two attached hydrogens (primary N) is 1. The maximum Gasteiger partial charge on any atom is 0.274 e. The number of aromatic nitrogens is 1. The van der Waals surface area contributed by atoms with E-state index in [0.29, 0.717) is 18.2 Å². The molecule has 0 bridgehead atoms. The zero-order chi connectivity index (χ0) is 17.0. The summed E-state index contributed by atoms with van der Waals surface area (Å²) in [6.45, 7) is 4.54. The van der Waals surface area contributed by atoms with Crippen molar-refractivity contribution in [3.05, 3.63) is 40.5 Å². The molecule has 1 saturated heterocycles. The van der Waals surface area contributed by atoms with Gasteiger partial charge in [0.05, 0.1) is 9.88 Å². The topological polar surface area (TPSA) is 76.3 Å². The van der Waals surface area contributed by atoms with E-state index in [2.05, 4.69) is 4.98 Å². The zero-order valence-electron chi connectivity index (χ0n) is 13.7. The van der Waals surface area contributed by atoms with Crippen molar-refractivity contribution in [2.24, 2.45) is 17.6 Å². The number of thiazole rings is 1. The minimum absolute atomic E-state index is 0.175. The Hall–Kier alpha value is -2.21. The summed E-state index contributed by atoms with van der Waals surface area (Å²) >= 11 is 1.51. The number of carbonyl (C=O) groups excluding carboxylic acids is 2. The SMILES string of the molecule is Cc1ccc(-c2sc(C)nc2C(=O)N2C[C@H]3C[C@H]3[C@H]2C(N)=O)cc1. The van der Waals surface area contributed by atoms with Crippen LogP contribution in [-0.2, 0) is 4.79 Å². The molecule has 1 aliphatic carbocycles. The Bertz CT molecular complexity index is 827. The van der Waals surface area contributed by atoms with E-state index in [1.165, 1.54) is 16.9 Å². The molecule has 1 aromatic heterocycles. The predicted octanol–water partition coefficient (Wildman–Crippen LogP) is 2.37. The van der Waals surface area contributed by atoms with Crippen molar-refractivity contribution in [2.75, 3.05) is 6.54 Å². The molecule has 2 fully saturated rings. The Kier molecular flexibility index (Phi) is 3.46. The van der Waals surface area contributed by atoms with Crippen LogP contribution in [0.15, 0.2) is 24.3 Å². The summed E-state index contributed by atoms with van der Waals surface area (Å²) in [6.07, 6.45) is 0.998. The van der Waals surface area contributed by atoms with E-state index >= 15 is 0 Å². The Morgan fingerprint density at radius 3 is 2.62 bits per heavy atom. The van der Waals surface area contributed by atoms with Crippen molar-refractivity contribution in [1.29, 1.82) is 0 Å². The van der Waals surface area contributed by atoms with Gasteiger partial charge in [-0.15, -0.1) is 11.3 Å². The fourth-order valence-corrected chi connectivity index (χ4v) is 4.56. The molecule has 0 radical (unpaired) electrons. The summed E-state index contributed by atoms with van der Waals surface area (Å²) in [5.41, 5.74) is 8.13. The van der Waals surface area contributed by atoms with Crippen LogP contribution in [0.3, 0.4) is 0 Å². The highest BCUT2D eigenvalue weighted by Crippen LogP contribution is 2.50. The van der Waals surface area contributed by atoms with Gasteiger partial charge in [-0.2, -0.15) is 0 Å². The molecule has 6 heteroatoms. The van der Waals surface area contributed by atoms with Gasteiger partial charge in [0.2, 0.25) is 5.91 Å². The third kappa shape index (κ3) is 2.41. The van der Waals surface area contributed by atoms with Crippen molar-refractivity contribution in [3.8, 4) is 10.4 Å². The van der Waals surface area contributed by atoms with Gasteiger partial charge in [-0.1, -0.05) is 29.8 Å². The van der Waals surface area contributed by atoms with Gasteiger partial charge in [-0.05, 0) is 37.7 Å². The number of carbonyl (C=O) groups is 2. The van der Waals surface area contributed by atoms with Gasteiger partial charge in [-0.3, -0.25) is 9.59 Å². The molecule has 24 heavy (non-hydrogen) atoms. The number of primary amides is 1. The molecule has 124 valence electrons. The molecule has 2 amide bonds. The second-order valence-corrected chi connectivity index (χ2v) is 7.94.